The Bertz CT molecular complexity index is 319. The van der Waals surface area contributed by atoms with Crippen LogP contribution in [0.3, 0.4) is 0 Å². The summed E-state index contributed by atoms with van der Waals surface area (Å²) in [5.74, 6) is -0.367. The third kappa shape index (κ3) is 4.99. The van der Waals surface area contributed by atoms with Crippen molar-refractivity contribution in [2.75, 3.05) is 42.2 Å². The van der Waals surface area contributed by atoms with Gasteiger partial charge in [-0.1, -0.05) is 6.08 Å². The number of esters is 1. The average Bonchev–Trinajstić information content (AvgIpc) is 2.51. The SMILES string of the molecule is CC=CC(=O)OCCC[Si](OC)(OC)[Si](OC)(OC)OC. The molecule has 0 amide bonds. The highest BCUT2D eigenvalue weighted by Crippen LogP contribution is 2.28. The summed E-state index contributed by atoms with van der Waals surface area (Å²) in [4.78, 5) is 11.2. The first-order valence-electron chi connectivity index (χ1n) is 6.56. The van der Waals surface area contributed by atoms with Gasteiger partial charge >= 0.3 is 22.4 Å². The van der Waals surface area contributed by atoms with Gasteiger partial charge < -0.3 is 26.9 Å². The molecule has 0 heterocycles. The Kier molecular flexibility index (Phi) is 9.95. The predicted octanol–water partition coefficient (Wildman–Crippen LogP) is 1.19. The van der Waals surface area contributed by atoms with Crippen LogP contribution in [0.5, 0.6) is 0 Å². The molecule has 0 aliphatic carbocycles. The van der Waals surface area contributed by atoms with E-state index in [1.807, 2.05) is 0 Å². The highest BCUT2D eigenvalue weighted by atomic mass is 29.3. The first-order valence-corrected chi connectivity index (χ1v) is 11.3. The number of carbonyl (C=O) groups is 1. The van der Waals surface area contributed by atoms with E-state index < -0.39 is 16.4 Å². The molecule has 0 radical (unpaired) electrons. The molecule has 0 saturated heterocycles. The van der Waals surface area contributed by atoms with Crippen molar-refractivity contribution in [3.8, 4) is 0 Å². The van der Waals surface area contributed by atoms with E-state index in [1.165, 1.54) is 27.4 Å². The number of hydrogen-bond acceptors (Lipinski definition) is 7. The molecule has 0 unspecified atom stereocenters. The molecular weight excluding hydrogens is 312 g/mol. The van der Waals surface area contributed by atoms with Gasteiger partial charge in [0.2, 0.25) is 0 Å². The zero-order chi connectivity index (χ0) is 16.4. The second-order valence-corrected chi connectivity index (χ2v) is 13.4. The molecule has 0 saturated carbocycles. The molecule has 0 atom stereocenters. The summed E-state index contributed by atoms with van der Waals surface area (Å²) in [6.45, 7) is 2.02. The summed E-state index contributed by atoms with van der Waals surface area (Å²) in [5.41, 5.74) is 0. The summed E-state index contributed by atoms with van der Waals surface area (Å²) < 4.78 is 32.8. The van der Waals surface area contributed by atoms with E-state index >= 15 is 0 Å². The van der Waals surface area contributed by atoms with Crippen LogP contribution in [0.2, 0.25) is 6.04 Å². The minimum atomic E-state index is -3.05. The van der Waals surface area contributed by atoms with Crippen molar-refractivity contribution in [1.82, 2.24) is 0 Å². The highest BCUT2D eigenvalue weighted by molar-refractivity contribution is 7.29. The van der Waals surface area contributed by atoms with Gasteiger partial charge in [-0.2, -0.15) is 0 Å². The van der Waals surface area contributed by atoms with E-state index in [-0.39, 0.29) is 12.6 Å². The third-order valence-electron chi connectivity index (χ3n) is 3.13. The standard InChI is InChI=1S/C12H26O7Si2/c1-7-9-12(13)19-10-8-11-20(14-2,15-3)21(16-4,17-5)18-6/h7,9H,8,10-11H2,1-6H3. The Hall–Kier alpha value is -0.556. The van der Waals surface area contributed by atoms with Crippen LogP contribution in [0, 0.1) is 0 Å². The lowest BCUT2D eigenvalue weighted by Crippen LogP contribution is -2.70. The second-order valence-electron chi connectivity index (χ2n) is 4.10. The maximum Gasteiger partial charge on any atom is 0.538 e. The fraction of sp³-hybridized carbons (Fsp3) is 0.750. The minimum Gasteiger partial charge on any atom is -0.463 e. The number of carbonyl (C=O) groups excluding carboxylic acids is 1. The number of ether oxygens (including phenoxy) is 1. The predicted molar refractivity (Wildman–Crippen MR) is 81.8 cm³/mol. The van der Waals surface area contributed by atoms with Gasteiger partial charge in [-0.15, -0.1) is 0 Å². The molecule has 9 heteroatoms. The van der Waals surface area contributed by atoms with Crippen LogP contribution in [0.15, 0.2) is 12.2 Å². The van der Waals surface area contributed by atoms with E-state index in [0.29, 0.717) is 12.5 Å². The number of hydrogen-bond donors (Lipinski definition) is 0. The van der Waals surface area contributed by atoms with Crippen LogP contribution in [-0.2, 0) is 31.7 Å². The fourth-order valence-corrected chi connectivity index (χ4v) is 11.2. The first kappa shape index (κ1) is 20.4. The normalized spacial score (nSPS) is 12.9. The van der Waals surface area contributed by atoms with Crippen molar-refractivity contribution in [2.24, 2.45) is 0 Å². The Labute approximate surface area is 128 Å². The van der Waals surface area contributed by atoms with Gasteiger partial charge in [-0.05, 0) is 19.4 Å². The molecular formula is C12H26O7Si2. The van der Waals surface area contributed by atoms with Crippen LogP contribution >= 0.6 is 0 Å². The monoisotopic (exact) mass is 338 g/mol. The van der Waals surface area contributed by atoms with Crippen LogP contribution < -0.4 is 0 Å². The second kappa shape index (κ2) is 10.2. The van der Waals surface area contributed by atoms with E-state index in [2.05, 4.69) is 0 Å². The van der Waals surface area contributed by atoms with Crippen LogP contribution in [-0.4, -0.2) is 64.5 Å². The molecule has 0 aromatic rings. The lowest BCUT2D eigenvalue weighted by atomic mass is 10.5. The minimum absolute atomic E-state index is 0.270. The smallest absolute Gasteiger partial charge is 0.463 e. The van der Waals surface area contributed by atoms with Crippen molar-refractivity contribution < 1.29 is 31.7 Å². The third-order valence-corrected chi connectivity index (χ3v) is 14.6. The van der Waals surface area contributed by atoms with Crippen molar-refractivity contribution in [2.45, 2.75) is 19.4 Å². The summed E-state index contributed by atoms with van der Waals surface area (Å²) in [6, 6.07) is 0.533. The average molecular weight is 339 g/mol. The maximum atomic E-state index is 11.2. The summed E-state index contributed by atoms with van der Waals surface area (Å²) in [7, 11) is 1.77. The fourth-order valence-electron chi connectivity index (χ4n) is 2.07. The zero-order valence-corrected chi connectivity index (χ0v) is 15.6. The summed E-state index contributed by atoms with van der Waals surface area (Å²) in [5, 5.41) is 0. The number of rotatable bonds is 11. The van der Waals surface area contributed by atoms with E-state index in [4.69, 9.17) is 26.9 Å². The summed E-state index contributed by atoms with van der Waals surface area (Å²) >= 11 is 0. The van der Waals surface area contributed by atoms with Crippen molar-refractivity contribution >= 4 is 22.4 Å². The molecule has 0 rings (SSSR count). The molecule has 0 fully saturated rings. The quantitative estimate of drug-likeness (QED) is 0.242. The highest BCUT2D eigenvalue weighted by Gasteiger charge is 2.66. The lowest BCUT2D eigenvalue weighted by molar-refractivity contribution is -0.137. The van der Waals surface area contributed by atoms with Crippen molar-refractivity contribution in [3.05, 3.63) is 12.2 Å². The molecule has 124 valence electrons. The van der Waals surface area contributed by atoms with Gasteiger partial charge in [0.15, 0.2) is 0 Å². The zero-order valence-electron chi connectivity index (χ0n) is 13.6. The molecule has 0 aliphatic rings. The number of allylic oxidation sites excluding steroid dienone is 1. The molecule has 21 heavy (non-hydrogen) atoms. The first-order chi connectivity index (χ1) is 10.0. The van der Waals surface area contributed by atoms with Gasteiger partial charge in [0, 0.05) is 41.6 Å². The Morgan fingerprint density at radius 2 is 1.48 bits per heavy atom. The van der Waals surface area contributed by atoms with Gasteiger partial charge in [0.1, 0.15) is 0 Å². The van der Waals surface area contributed by atoms with Crippen molar-refractivity contribution in [3.63, 3.8) is 0 Å². The molecule has 0 bridgehead atoms. The van der Waals surface area contributed by atoms with Gasteiger partial charge in [-0.3, -0.25) is 0 Å². The molecule has 0 N–H and O–H groups in total. The van der Waals surface area contributed by atoms with Gasteiger partial charge in [-0.25, -0.2) is 4.79 Å². The van der Waals surface area contributed by atoms with Crippen LogP contribution in [0.1, 0.15) is 13.3 Å². The molecule has 0 spiro atoms. The van der Waals surface area contributed by atoms with Gasteiger partial charge in [0.05, 0.1) is 6.61 Å². The Morgan fingerprint density at radius 3 is 1.86 bits per heavy atom. The van der Waals surface area contributed by atoms with Crippen LogP contribution in [0.25, 0.3) is 0 Å². The Morgan fingerprint density at radius 1 is 0.952 bits per heavy atom. The lowest BCUT2D eigenvalue weighted by Gasteiger charge is -2.38. The topological polar surface area (TPSA) is 72.5 Å². The molecule has 7 nitrogen and oxygen atoms in total. The molecule has 0 aliphatic heterocycles. The van der Waals surface area contributed by atoms with Gasteiger partial charge in [0.25, 0.3) is 0 Å². The molecule has 0 aromatic heterocycles. The largest absolute Gasteiger partial charge is 0.538 e. The van der Waals surface area contributed by atoms with E-state index in [9.17, 15) is 4.79 Å². The maximum absolute atomic E-state index is 11.2. The van der Waals surface area contributed by atoms with E-state index in [1.54, 1.807) is 27.2 Å². The molecule has 0 aromatic carbocycles. The summed E-state index contributed by atoms with van der Waals surface area (Å²) in [6.07, 6.45) is 3.57. The van der Waals surface area contributed by atoms with E-state index in [0.717, 1.165) is 0 Å². The Balaban J connectivity index is 4.78. The van der Waals surface area contributed by atoms with Crippen LogP contribution in [0.4, 0.5) is 0 Å². The van der Waals surface area contributed by atoms with Crippen molar-refractivity contribution in [1.29, 1.82) is 0 Å².